The molecule has 2 heterocycles. The number of ether oxygens (including phenoxy) is 3. The van der Waals surface area contributed by atoms with Crippen molar-refractivity contribution in [2.45, 2.75) is 32.4 Å². The van der Waals surface area contributed by atoms with Gasteiger partial charge in [-0.05, 0) is 25.8 Å². The van der Waals surface area contributed by atoms with Crippen LogP contribution in [0.15, 0.2) is 18.3 Å². The molecule has 1 saturated heterocycles. The van der Waals surface area contributed by atoms with Crippen LogP contribution in [0.3, 0.4) is 0 Å². The van der Waals surface area contributed by atoms with Gasteiger partial charge in [-0.1, -0.05) is 6.07 Å². The third-order valence-electron chi connectivity index (χ3n) is 3.77. The highest BCUT2D eigenvalue weighted by Crippen LogP contribution is 2.21. The smallest absolute Gasteiger partial charge is 0.225 e. The zero-order chi connectivity index (χ0) is 15.8. The van der Waals surface area contributed by atoms with E-state index in [-0.39, 0.29) is 17.9 Å². The van der Waals surface area contributed by atoms with Crippen LogP contribution >= 0.6 is 0 Å². The molecule has 6 heteroatoms. The lowest BCUT2D eigenvalue weighted by Gasteiger charge is -2.28. The number of nitrogens with one attached hydrogen (secondary N) is 1. The summed E-state index contributed by atoms with van der Waals surface area (Å²) in [5.41, 5.74) is 0.858. The summed E-state index contributed by atoms with van der Waals surface area (Å²) in [6.07, 6.45) is 3.45. The lowest BCUT2D eigenvalue weighted by Crippen LogP contribution is -2.40. The van der Waals surface area contributed by atoms with Crippen LogP contribution in [0, 0.1) is 5.92 Å². The van der Waals surface area contributed by atoms with E-state index in [2.05, 4.69) is 10.3 Å². The average molecular weight is 308 g/mol. The van der Waals surface area contributed by atoms with Gasteiger partial charge < -0.3 is 19.5 Å². The first-order chi connectivity index (χ1) is 10.7. The van der Waals surface area contributed by atoms with Crippen molar-refractivity contribution in [3.63, 3.8) is 0 Å². The van der Waals surface area contributed by atoms with Gasteiger partial charge in [0.05, 0.1) is 18.6 Å². The minimum absolute atomic E-state index is 0.0268. The number of pyridine rings is 1. The third kappa shape index (κ3) is 4.68. The van der Waals surface area contributed by atoms with Crippen LogP contribution in [0.2, 0.25) is 0 Å². The predicted molar refractivity (Wildman–Crippen MR) is 81.6 cm³/mol. The molecule has 122 valence electrons. The zero-order valence-corrected chi connectivity index (χ0v) is 13.2. The summed E-state index contributed by atoms with van der Waals surface area (Å²) < 4.78 is 16.1. The Labute approximate surface area is 131 Å². The molecule has 1 aromatic heterocycles. The molecule has 22 heavy (non-hydrogen) atoms. The molecule has 1 N–H and O–H groups in total. The van der Waals surface area contributed by atoms with Gasteiger partial charge in [0.2, 0.25) is 11.8 Å². The predicted octanol–water partition coefficient (Wildman–Crippen LogP) is 1.54. The van der Waals surface area contributed by atoms with Crippen molar-refractivity contribution in [2.75, 3.05) is 26.9 Å². The zero-order valence-electron chi connectivity index (χ0n) is 13.2. The molecule has 1 aliphatic heterocycles. The van der Waals surface area contributed by atoms with Crippen LogP contribution in [0.1, 0.15) is 25.3 Å². The number of carbonyl (C=O) groups is 1. The SMILES string of the molecule is COCCOc1ncccc1CNC(=O)[C@H]1CCCO[C@H]1C. The standard InChI is InChI=1S/C16H24N2O4/c1-12-14(6-4-8-21-12)15(19)18-11-13-5-3-7-17-16(13)22-10-9-20-2/h3,5,7,12,14H,4,6,8-11H2,1-2H3,(H,18,19)/t12-,14-/m0/s1. The second kappa shape index (κ2) is 8.70. The van der Waals surface area contributed by atoms with E-state index >= 15 is 0 Å². The molecule has 2 rings (SSSR count). The molecule has 0 unspecified atom stereocenters. The molecule has 2 atom stereocenters. The highest BCUT2D eigenvalue weighted by molar-refractivity contribution is 5.79. The number of rotatable bonds is 7. The second-order valence-electron chi connectivity index (χ2n) is 5.35. The number of amides is 1. The highest BCUT2D eigenvalue weighted by Gasteiger charge is 2.28. The van der Waals surface area contributed by atoms with Gasteiger partial charge in [-0.25, -0.2) is 4.98 Å². The maximum atomic E-state index is 12.3. The van der Waals surface area contributed by atoms with Gasteiger partial charge in [0, 0.05) is 32.0 Å². The molecule has 0 spiro atoms. The summed E-state index contributed by atoms with van der Waals surface area (Å²) in [5.74, 6) is 0.481. The van der Waals surface area contributed by atoms with E-state index < -0.39 is 0 Å². The molecular weight excluding hydrogens is 284 g/mol. The van der Waals surface area contributed by atoms with E-state index in [0.29, 0.717) is 25.6 Å². The molecule has 1 aliphatic rings. The maximum absolute atomic E-state index is 12.3. The van der Waals surface area contributed by atoms with Gasteiger partial charge in [-0.3, -0.25) is 4.79 Å². The normalized spacial score (nSPS) is 21.4. The number of nitrogens with zero attached hydrogens (tertiary/aromatic N) is 1. The van der Waals surface area contributed by atoms with Gasteiger partial charge >= 0.3 is 0 Å². The Morgan fingerprint density at radius 1 is 1.50 bits per heavy atom. The van der Waals surface area contributed by atoms with Crippen molar-refractivity contribution in [1.82, 2.24) is 10.3 Å². The van der Waals surface area contributed by atoms with Crippen molar-refractivity contribution >= 4 is 5.91 Å². The molecular formula is C16H24N2O4. The third-order valence-corrected chi connectivity index (χ3v) is 3.77. The largest absolute Gasteiger partial charge is 0.475 e. The van der Waals surface area contributed by atoms with Crippen molar-refractivity contribution < 1.29 is 19.0 Å². The highest BCUT2D eigenvalue weighted by atomic mass is 16.5. The Bertz CT molecular complexity index is 481. The van der Waals surface area contributed by atoms with Crippen LogP contribution in [-0.2, 0) is 20.8 Å². The number of aromatic nitrogens is 1. The minimum atomic E-state index is -0.0803. The number of hydrogen-bond acceptors (Lipinski definition) is 5. The van der Waals surface area contributed by atoms with Crippen molar-refractivity contribution in [3.05, 3.63) is 23.9 Å². The van der Waals surface area contributed by atoms with Gasteiger partial charge in [-0.15, -0.1) is 0 Å². The number of hydrogen-bond donors (Lipinski definition) is 1. The van der Waals surface area contributed by atoms with Crippen LogP contribution < -0.4 is 10.1 Å². The lowest BCUT2D eigenvalue weighted by molar-refractivity contribution is -0.133. The van der Waals surface area contributed by atoms with Crippen molar-refractivity contribution in [1.29, 1.82) is 0 Å². The quantitative estimate of drug-likeness (QED) is 0.774. The van der Waals surface area contributed by atoms with Gasteiger partial charge in [0.25, 0.3) is 0 Å². The Kier molecular flexibility index (Phi) is 6.61. The first-order valence-corrected chi connectivity index (χ1v) is 7.67. The number of carbonyl (C=O) groups excluding carboxylic acids is 1. The topological polar surface area (TPSA) is 69.7 Å². The molecule has 1 fully saturated rings. The van der Waals surface area contributed by atoms with Gasteiger partial charge in [-0.2, -0.15) is 0 Å². The van der Waals surface area contributed by atoms with Gasteiger partial charge in [0.1, 0.15) is 6.61 Å². The first-order valence-electron chi connectivity index (χ1n) is 7.67. The summed E-state index contributed by atoms with van der Waals surface area (Å²) in [6.45, 7) is 4.03. The van der Waals surface area contributed by atoms with Crippen LogP contribution in [0.4, 0.5) is 0 Å². The van der Waals surface area contributed by atoms with Crippen molar-refractivity contribution in [3.8, 4) is 5.88 Å². The van der Waals surface area contributed by atoms with E-state index in [1.807, 2.05) is 19.1 Å². The Balaban J connectivity index is 1.89. The molecule has 0 bridgehead atoms. The molecule has 1 amide bonds. The van der Waals surface area contributed by atoms with E-state index in [4.69, 9.17) is 14.2 Å². The van der Waals surface area contributed by atoms with Gasteiger partial charge in [0.15, 0.2) is 0 Å². The summed E-state index contributed by atoms with van der Waals surface area (Å²) >= 11 is 0. The second-order valence-corrected chi connectivity index (χ2v) is 5.35. The summed E-state index contributed by atoms with van der Waals surface area (Å²) in [5, 5.41) is 2.96. The monoisotopic (exact) mass is 308 g/mol. The van der Waals surface area contributed by atoms with E-state index in [1.165, 1.54) is 0 Å². The fourth-order valence-electron chi connectivity index (χ4n) is 2.49. The van der Waals surface area contributed by atoms with Crippen LogP contribution in [0.5, 0.6) is 5.88 Å². The fourth-order valence-corrected chi connectivity index (χ4v) is 2.49. The first kappa shape index (κ1) is 16.7. The molecule has 0 aromatic carbocycles. The molecule has 0 aliphatic carbocycles. The maximum Gasteiger partial charge on any atom is 0.225 e. The van der Waals surface area contributed by atoms with E-state index in [0.717, 1.165) is 25.0 Å². The Morgan fingerprint density at radius 3 is 3.14 bits per heavy atom. The summed E-state index contributed by atoms with van der Waals surface area (Å²) in [7, 11) is 1.62. The molecule has 1 aromatic rings. The van der Waals surface area contributed by atoms with Crippen LogP contribution in [-0.4, -0.2) is 43.9 Å². The summed E-state index contributed by atoms with van der Waals surface area (Å²) in [6, 6.07) is 3.73. The van der Waals surface area contributed by atoms with E-state index in [1.54, 1.807) is 13.3 Å². The fraction of sp³-hybridized carbons (Fsp3) is 0.625. The summed E-state index contributed by atoms with van der Waals surface area (Å²) in [4.78, 5) is 16.5. The Morgan fingerprint density at radius 2 is 2.36 bits per heavy atom. The van der Waals surface area contributed by atoms with Crippen molar-refractivity contribution in [2.24, 2.45) is 5.92 Å². The number of methoxy groups -OCH3 is 1. The molecule has 6 nitrogen and oxygen atoms in total. The molecule has 0 radical (unpaired) electrons. The van der Waals surface area contributed by atoms with E-state index in [9.17, 15) is 4.79 Å². The minimum Gasteiger partial charge on any atom is -0.475 e. The average Bonchev–Trinajstić information content (AvgIpc) is 2.54. The molecule has 0 saturated carbocycles. The van der Waals surface area contributed by atoms with Crippen LogP contribution in [0.25, 0.3) is 0 Å². The Hall–Kier alpha value is -1.66. The lowest BCUT2D eigenvalue weighted by atomic mass is 9.94.